The maximum Gasteiger partial charge on any atom is 0.220 e. The van der Waals surface area contributed by atoms with E-state index in [0.29, 0.717) is 46.8 Å². The van der Waals surface area contributed by atoms with E-state index < -0.39 is 17.8 Å². The minimum atomic E-state index is -0.964. The molecule has 2 aromatic carbocycles. The molecule has 4 N–H and O–H groups in total. The molecule has 1 saturated heterocycles. The normalized spacial score (nSPS) is 23.0. The number of nitrogens with two attached hydrogens (primary N) is 1. The van der Waals surface area contributed by atoms with E-state index in [1.807, 2.05) is 6.07 Å². The van der Waals surface area contributed by atoms with Gasteiger partial charge >= 0.3 is 0 Å². The Balaban J connectivity index is 1.74. The average Bonchev–Trinajstić information content (AvgIpc) is 2.69. The number of aromatic hydroxyl groups is 1. The Morgan fingerprint density at radius 1 is 1.14 bits per heavy atom. The predicted molar refractivity (Wildman–Crippen MR) is 101 cm³/mol. The van der Waals surface area contributed by atoms with Crippen LogP contribution in [-0.4, -0.2) is 29.4 Å². The number of halogens is 1. The molecule has 0 radical (unpaired) electrons. The van der Waals surface area contributed by atoms with Crippen LogP contribution in [0.1, 0.15) is 11.1 Å². The Labute approximate surface area is 160 Å². The molecule has 1 fully saturated rings. The summed E-state index contributed by atoms with van der Waals surface area (Å²) in [6.07, 6.45) is 0.863. The van der Waals surface area contributed by atoms with Crippen LogP contribution in [0, 0.1) is 5.95 Å². The van der Waals surface area contributed by atoms with Crippen molar-refractivity contribution in [2.75, 3.05) is 13.1 Å². The highest BCUT2D eigenvalue weighted by molar-refractivity contribution is 5.69. The molecule has 3 heterocycles. The van der Waals surface area contributed by atoms with Crippen LogP contribution in [0.4, 0.5) is 4.39 Å². The second-order valence-corrected chi connectivity index (χ2v) is 6.95. The van der Waals surface area contributed by atoms with Gasteiger partial charge in [-0.3, -0.25) is 0 Å². The number of benzene rings is 2. The van der Waals surface area contributed by atoms with Crippen LogP contribution >= 0.6 is 0 Å². The Hall–Kier alpha value is -3.00. The zero-order valence-corrected chi connectivity index (χ0v) is 14.9. The number of morpholine rings is 1. The van der Waals surface area contributed by atoms with Gasteiger partial charge in [0.15, 0.2) is 0 Å². The highest BCUT2D eigenvalue weighted by atomic mass is 19.1. The smallest absolute Gasteiger partial charge is 0.220 e. The van der Waals surface area contributed by atoms with Gasteiger partial charge in [-0.05, 0) is 48.0 Å². The zero-order valence-electron chi connectivity index (χ0n) is 14.9. The van der Waals surface area contributed by atoms with Crippen molar-refractivity contribution in [2.45, 2.75) is 11.8 Å². The van der Waals surface area contributed by atoms with Gasteiger partial charge in [0.05, 0.1) is 0 Å². The van der Waals surface area contributed by atoms with Gasteiger partial charge in [0.2, 0.25) is 5.95 Å². The summed E-state index contributed by atoms with van der Waals surface area (Å²) < 4.78 is 26.6. The van der Waals surface area contributed by atoms with Crippen molar-refractivity contribution in [3.8, 4) is 28.4 Å². The summed E-state index contributed by atoms with van der Waals surface area (Å²) in [5, 5.41) is 13.4. The fraction of sp³-hybridized carbons (Fsp3) is 0.190. The maximum absolute atomic E-state index is 14.3. The number of hydrogen-bond donors (Lipinski definition) is 3. The molecular weight excluding hydrogens is 361 g/mol. The van der Waals surface area contributed by atoms with Crippen molar-refractivity contribution in [3.63, 3.8) is 0 Å². The molecule has 6 nitrogen and oxygen atoms in total. The van der Waals surface area contributed by atoms with Crippen LogP contribution < -0.4 is 15.8 Å². The molecule has 2 aliphatic rings. The number of rotatable bonds is 1. The Kier molecular flexibility index (Phi) is 3.83. The van der Waals surface area contributed by atoms with Gasteiger partial charge in [0.25, 0.3) is 0 Å². The molecule has 142 valence electrons. The van der Waals surface area contributed by atoms with Crippen LogP contribution in [0.2, 0.25) is 0 Å². The number of nitrogens with zero attached hydrogens (tertiary/aromatic N) is 1. The molecule has 2 atom stereocenters. The highest BCUT2D eigenvalue weighted by Crippen LogP contribution is 2.51. The highest BCUT2D eigenvalue weighted by Gasteiger charge is 2.47. The fourth-order valence-electron chi connectivity index (χ4n) is 3.94. The van der Waals surface area contributed by atoms with Crippen LogP contribution in [0.3, 0.4) is 0 Å². The maximum atomic E-state index is 14.3. The first-order valence-corrected chi connectivity index (χ1v) is 8.98. The summed E-state index contributed by atoms with van der Waals surface area (Å²) in [5.74, 6) is 0.733. The minimum absolute atomic E-state index is 0.0994. The van der Waals surface area contributed by atoms with Crippen molar-refractivity contribution < 1.29 is 19.0 Å². The molecule has 0 saturated carbocycles. The summed E-state index contributed by atoms with van der Waals surface area (Å²) >= 11 is 0. The molecule has 7 heteroatoms. The van der Waals surface area contributed by atoms with Gasteiger partial charge in [-0.15, -0.1) is 0 Å². The lowest BCUT2D eigenvalue weighted by atomic mass is 9.81. The van der Waals surface area contributed by atoms with Gasteiger partial charge < -0.3 is 25.6 Å². The number of nitrogens with one attached hydrogen (secondary N) is 1. The topological polar surface area (TPSA) is 89.6 Å². The molecule has 1 unspecified atom stereocenters. The monoisotopic (exact) mass is 379 g/mol. The largest absolute Gasteiger partial charge is 0.508 e. The molecular formula is C21H18FN3O3. The van der Waals surface area contributed by atoms with Gasteiger partial charge in [-0.25, -0.2) is 4.98 Å². The minimum Gasteiger partial charge on any atom is -0.508 e. The lowest BCUT2D eigenvalue weighted by Crippen LogP contribution is -2.56. The third-order valence-electron chi connectivity index (χ3n) is 5.17. The molecule has 0 bridgehead atoms. The lowest BCUT2D eigenvalue weighted by Gasteiger charge is -2.44. The number of aromatic nitrogens is 1. The molecule has 0 aliphatic carbocycles. The molecule has 5 rings (SSSR count). The van der Waals surface area contributed by atoms with Crippen molar-refractivity contribution in [1.82, 2.24) is 10.3 Å². The summed E-state index contributed by atoms with van der Waals surface area (Å²) in [5.41, 5.74) is 7.57. The first kappa shape index (κ1) is 17.1. The van der Waals surface area contributed by atoms with E-state index in [1.165, 1.54) is 6.20 Å². The molecule has 1 spiro atoms. The van der Waals surface area contributed by atoms with Gasteiger partial charge in [0.1, 0.15) is 29.1 Å². The molecule has 1 aromatic heterocycles. The van der Waals surface area contributed by atoms with E-state index in [0.717, 1.165) is 0 Å². The Morgan fingerprint density at radius 3 is 2.71 bits per heavy atom. The number of phenols is 1. The third kappa shape index (κ3) is 2.56. The van der Waals surface area contributed by atoms with Crippen molar-refractivity contribution in [2.24, 2.45) is 5.73 Å². The Morgan fingerprint density at radius 2 is 1.93 bits per heavy atom. The predicted octanol–water partition coefficient (Wildman–Crippen LogP) is 2.85. The third-order valence-corrected chi connectivity index (χ3v) is 5.17. The van der Waals surface area contributed by atoms with E-state index in [9.17, 15) is 9.50 Å². The molecule has 28 heavy (non-hydrogen) atoms. The van der Waals surface area contributed by atoms with Gasteiger partial charge in [-0.1, -0.05) is 6.07 Å². The summed E-state index contributed by atoms with van der Waals surface area (Å²) in [6, 6.07) is 13.7. The standard InChI is InChI=1S/C21H18FN3O3/c22-20-14(2-1-7-25-20)12-3-5-17-15(8-12)21(11-24-10-19(23)28-21)16-9-13(26)4-6-18(16)27-17/h1-9,19,24,26H,10-11,23H2/t19-,21?/m0/s1. The molecule has 3 aromatic rings. The van der Waals surface area contributed by atoms with E-state index in [-0.39, 0.29) is 5.75 Å². The fourth-order valence-corrected chi connectivity index (χ4v) is 3.94. The van der Waals surface area contributed by atoms with E-state index in [1.54, 1.807) is 42.5 Å². The lowest BCUT2D eigenvalue weighted by molar-refractivity contribution is -0.0971. The first-order valence-electron chi connectivity index (χ1n) is 8.98. The number of pyridine rings is 1. The number of phenolic OH excluding ortho intramolecular Hbond substituents is 1. The van der Waals surface area contributed by atoms with Crippen LogP contribution in [-0.2, 0) is 10.3 Å². The second kappa shape index (κ2) is 6.27. The van der Waals surface area contributed by atoms with Crippen molar-refractivity contribution in [3.05, 3.63) is 71.8 Å². The first-order chi connectivity index (χ1) is 13.6. The molecule has 0 amide bonds. The summed E-state index contributed by atoms with van der Waals surface area (Å²) in [4.78, 5) is 3.74. The van der Waals surface area contributed by atoms with Gasteiger partial charge in [0, 0.05) is 36.0 Å². The van der Waals surface area contributed by atoms with E-state index >= 15 is 0 Å². The van der Waals surface area contributed by atoms with Gasteiger partial charge in [-0.2, -0.15) is 4.39 Å². The van der Waals surface area contributed by atoms with Crippen LogP contribution in [0.5, 0.6) is 17.2 Å². The number of fused-ring (bicyclic) bond motifs is 4. The zero-order chi connectivity index (χ0) is 19.3. The van der Waals surface area contributed by atoms with Crippen LogP contribution in [0.25, 0.3) is 11.1 Å². The van der Waals surface area contributed by atoms with E-state index in [4.69, 9.17) is 15.2 Å². The summed E-state index contributed by atoms with van der Waals surface area (Å²) in [7, 11) is 0. The van der Waals surface area contributed by atoms with Crippen molar-refractivity contribution >= 4 is 0 Å². The van der Waals surface area contributed by atoms with E-state index in [2.05, 4.69) is 10.3 Å². The number of ether oxygens (including phenoxy) is 2. The summed E-state index contributed by atoms with van der Waals surface area (Å²) in [6.45, 7) is 0.940. The SMILES string of the molecule is N[C@@H]1CNCC2(O1)c1cc(O)ccc1Oc1ccc(-c3cccnc3F)cc12. The van der Waals surface area contributed by atoms with Crippen LogP contribution in [0.15, 0.2) is 54.7 Å². The second-order valence-electron chi connectivity index (χ2n) is 6.95. The van der Waals surface area contributed by atoms with Crippen molar-refractivity contribution in [1.29, 1.82) is 0 Å². The molecule has 2 aliphatic heterocycles. The quantitative estimate of drug-likeness (QED) is 0.564. The average molecular weight is 379 g/mol. The number of hydrogen-bond acceptors (Lipinski definition) is 6. The Bertz CT molecular complexity index is 1070.